The minimum atomic E-state index is -5.69. The topological polar surface area (TPSA) is 30.5 Å². The summed E-state index contributed by atoms with van der Waals surface area (Å²) in [4.78, 5) is 0. The van der Waals surface area contributed by atoms with Crippen molar-refractivity contribution >= 4 is 5.69 Å². The summed E-state index contributed by atoms with van der Waals surface area (Å²) in [6.45, 7) is -3.00. The van der Waals surface area contributed by atoms with Crippen molar-refractivity contribution in [2.24, 2.45) is 0 Å². The summed E-state index contributed by atoms with van der Waals surface area (Å²) in [7, 11) is 0. The number of benzene rings is 3. The molecule has 3 rings (SSSR count). The van der Waals surface area contributed by atoms with E-state index in [4.69, 9.17) is 4.74 Å². The first-order valence-electron chi connectivity index (χ1n) is 9.15. The predicted molar refractivity (Wildman–Crippen MR) is 103 cm³/mol. The summed E-state index contributed by atoms with van der Waals surface area (Å²) < 4.78 is 99.5. The molecule has 10 heteroatoms. The van der Waals surface area contributed by atoms with Crippen molar-refractivity contribution in [3.8, 4) is 17.2 Å². The number of hydrogen-bond donors (Lipinski definition) is 1. The molecule has 0 aliphatic rings. The van der Waals surface area contributed by atoms with Gasteiger partial charge in [0, 0.05) is 29.9 Å². The lowest BCUT2D eigenvalue weighted by molar-refractivity contribution is -0.289. The van der Waals surface area contributed by atoms with Gasteiger partial charge in [0.15, 0.2) is 0 Å². The molecule has 0 aliphatic heterocycles. The smallest absolute Gasteiger partial charge is 0.457 e. The average molecular weight is 459 g/mol. The summed E-state index contributed by atoms with van der Waals surface area (Å²) in [5.41, 5.74) is -0.433. The average Bonchev–Trinajstić information content (AvgIpc) is 2.72. The molecule has 170 valence electrons. The van der Waals surface area contributed by atoms with Crippen molar-refractivity contribution in [2.45, 2.75) is 25.3 Å². The van der Waals surface area contributed by atoms with Gasteiger partial charge in [-0.25, -0.2) is 0 Å². The maximum Gasteiger partial charge on any atom is 0.458 e. The summed E-state index contributed by atoms with van der Waals surface area (Å²) in [6, 6.07) is 16.1. The molecule has 0 aromatic heterocycles. The standard InChI is InChI=1S/C22H16F7NO2/c23-20(24)32-19-9-3-8-18(12-19)31-17-7-2-6-16(11-17)30-13-14-4-1-5-15(10-14)21(25,26)22(27,28)29/h1-12,20,30H,13H2. The third kappa shape index (κ3) is 5.83. The first kappa shape index (κ1) is 23.2. The zero-order valence-corrected chi connectivity index (χ0v) is 16.2. The first-order valence-corrected chi connectivity index (χ1v) is 9.15. The molecule has 0 bridgehead atoms. The Bertz CT molecular complexity index is 1050. The lowest BCUT2D eigenvalue weighted by atomic mass is 10.0. The van der Waals surface area contributed by atoms with Crippen molar-refractivity contribution in [1.29, 1.82) is 0 Å². The molecular formula is C22H16F7NO2. The van der Waals surface area contributed by atoms with Crippen LogP contribution in [-0.4, -0.2) is 12.8 Å². The highest BCUT2D eigenvalue weighted by Crippen LogP contribution is 2.44. The Hall–Kier alpha value is -3.43. The minimum absolute atomic E-state index is 0.0249. The van der Waals surface area contributed by atoms with Gasteiger partial charge < -0.3 is 14.8 Å². The molecule has 0 saturated heterocycles. The molecule has 0 radical (unpaired) electrons. The molecule has 0 unspecified atom stereocenters. The second-order valence-electron chi connectivity index (χ2n) is 6.61. The van der Waals surface area contributed by atoms with E-state index >= 15 is 0 Å². The van der Waals surface area contributed by atoms with Crippen LogP contribution >= 0.6 is 0 Å². The zero-order chi connectivity index (χ0) is 23.4. The van der Waals surface area contributed by atoms with Crippen molar-refractivity contribution in [3.63, 3.8) is 0 Å². The quantitative estimate of drug-likeness (QED) is 0.358. The minimum Gasteiger partial charge on any atom is -0.457 e. The van der Waals surface area contributed by atoms with Gasteiger partial charge in [0.1, 0.15) is 17.2 Å². The maximum absolute atomic E-state index is 13.6. The second kappa shape index (κ2) is 9.37. The first-order chi connectivity index (χ1) is 15.0. The number of nitrogens with one attached hydrogen (secondary N) is 1. The Balaban J connectivity index is 1.68. The predicted octanol–water partition coefficient (Wildman–Crippen LogP) is 7.35. The molecule has 3 aromatic carbocycles. The van der Waals surface area contributed by atoms with Crippen LogP contribution in [0.4, 0.5) is 36.4 Å². The van der Waals surface area contributed by atoms with E-state index in [1.807, 2.05) is 0 Å². The van der Waals surface area contributed by atoms with Gasteiger partial charge in [-0.15, -0.1) is 0 Å². The van der Waals surface area contributed by atoms with Gasteiger partial charge in [-0.2, -0.15) is 30.7 Å². The molecule has 0 aliphatic carbocycles. The molecule has 3 aromatic rings. The van der Waals surface area contributed by atoms with Gasteiger partial charge in [-0.05, 0) is 35.9 Å². The fourth-order valence-corrected chi connectivity index (χ4v) is 2.76. The third-order valence-electron chi connectivity index (χ3n) is 4.24. The van der Waals surface area contributed by atoms with Gasteiger partial charge in [-0.3, -0.25) is 0 Å². The monoisotopic (exact) mass is 459 g/mol. The molecular weight excluding hydrogens is 443 g/mol. The molecule has 0 saturated carbocycles. The van der Waals surface area contributed by atoms with E-state index in [0.717, 1.165) is 18.2 Å². The molecule has 0 heterocycles. The summed E-state index contributed by atoms with van der Waals surface area (Å²) in [5.74, 6) is -4.47. The Labute approximate surface area is 178 Å². The number of alkyl halides is 7. The third-order valence-corrected chi connectivity index (χ3v) is 4.24. The molecule has 0 fully saturated rings. The van der Waals surface area contributed by atoms with Crippen LogP contribution in [0.1, 0.15) is 11.1 Å². The molecule has 0 amide bonds. The molecule has 0 spiro atoms. The van der Waals surface area contributed by atoms with E-state index in [1.54, 1.807) is 24.3 Å². The Morgan fingerprint density at radius 1 is 0.750 bits per heavy atom. The van der Waals surface area contributed by atoms with E-state index in [-0.39, 0.29) is 23.6 Å². The van der Waals surface area contributed by atoms with Crippen LogP contribution in [0, 0.1) is 0 Å². The largest absolute Gasteiger partial charge is 0.458 e. The van der Waals surface area contributed by atoms with Crippen molar-refractivity contribution in [1.82, 2.24) is 0 Å². The van der Waals surface area contributed by atoms with Gasteiger partial charge >= 0.3 is 18.7 Å². The van der Waals surface area contributed by atoms with Crippen LogP contribution in [0.2, 0.25) is 0 Å². The fraction of sp³-hybridized carbons (Fsp3) is 0.182. The Morgan fingerprint density at radius 2 is 1.38 bits per heavy atom. The van der Waals surface area contributed by atoms with Crippen LogP contribution in [0.5, 0.6) is 17.2 Å². The number of ether oxygens (including phenoxy) is 2. The van der Waals surface area contributed by atoms with Crippen LogP contribution in [0.25, 0.3) is 0 Å². The highest BCUT2D eigenvalue weighted by atomic mass is 19.4. The lowest BCUT2D eigenvalue weighted by Gasteiger charge is -2.20. The molecule has 1 N–H and O–H groups in total. The van der Waals surface area contributed by atoms with Crippen LogP contribution in [0.15, 0.2) is 72.8 Å². The van der Waals surface area contributed by atoms with E-state index in [0.29, 0.717) is 11.4 Å². The highest BCUT2D eigenvalue weighted by molar-refractivity contribution is 5.50. The van der Waals surface area contributed by atoms with Crippen LogP contribution in [-0.2, 0) is 12.5 Å². The van der Waals surface area contributed by atoms with E-state index in [1.165, 1.54) is 30.3 Å². The van der Waals surface area contributed by atoms with Crippen LogP contribution in [0.3, 0.4) is 0 Å². The molecule has 0 atom stereocenters. The van der Waals surface area contributed by atoms with Crippen molar-refractivity contribution < 1.29 is 40.2 Å². The summed E-state index contributed by atoms with van der Waals surface area (Å²) >= 11 is 0. The van der Waals surface area contributed by atoms with E-state index < -0.39 is 24.3 Å². The lowest BCUT2D eigenvalue weighted by Crippen LogP contribution is -2.33. The van der Waals surface area contributed by atoms with E-state index in [9.17, 15) is 30.7 Å². The van der Waals surface area contributed by atoms with Crippen molar-refractivity contribution in [2.75, 3.05) is 5.32 Å². The Morgan fingerprint density at radius 3 is 2.06 bits per heavy atom. The van der Waals surface area contributed by atoms with E-state index in [2.05, 4.69) is 10.1 Å². The second-order valence-corrected chi connectivity index (χ2v) is 6.61. The van der Waals surface area contributed by atoms with Crippen LogP contribution < -0.4 is 14.8 Å². The SMILES string of the molecule is FC(F)Oc1cccc(Oc2cccc(NCc3cccc(C(F)(F)C(F)(F)F)c3)c2)c1. The molecule has 3 nitrogen and oxygen atoms in total. The van der Waals surface area contributed by atoms with Crippen molar-refractivity contribution in [3.05, 3.63) is 83.9 Å². The zero-order valence-electron chi connectivity index (χ0n) is 16.2. The number of rotatable bonds is 8. The normalized spacial score (nSPS) is 12.0. The summed E-state index contributed by atoms with van der Waals surface area (Å²) in [6.07, 6.45) is -5.69. The van der Waals surface area contributed by atoms with Gasteiger partial charge in [0.2, 0.25) is 0 Å². The number of hydrogen-bond acceptors (Lipinski definition) is 3. The number of anilines is 1. The Kier molecular flexibility index (Phi) is 6.81. The molecule has 32 heavy (non-hydrogen) atoms. The highest BCUT2D eigenvalue weighted by Gasteiger charge is 2.58. The number of halogens is 7. The summed E-state index contributed by atoms with van der Waals surface area (Å²) in [5, 5.41) is 2.91. The fourth-order valence-electron chi connectivity index (χ4n) is 2.76. The maximum atomic E-state index is 13.6. The van der Waals surface area contributed by atoms with Gasteiger partial charge in [-0.1, -0.05) is 30.3 Å². The van der Waals surface area contributed by atoms with Gasteiger partial charge in [0.25, 0.3) is 0 Å². The van der Waals surface area contributed by atoms with Gasteiger partial charge in [0.05, 0.1) is 0 Å².